The number of morpholine rings is 1. The molecule has 0 spiro atoms. The Morgan fingerprint density at radius 3 is 2.75 bits per heavy atom. The number of carboxylic acids is 1. The molecular weight excluding hydrogens is 383 g/mol. The van der Waals surface area contributed by atoms with E-state index in [2.05, 4.69) is 10.6 Å². The van der Waals surface area contributed by atoms with Crippen molar-refractivity contribution in [1.29, 1.82) is 0 Å². The maximum atomic E-state index is 11.6. The van der Waals surface area contributed by atoms with Crippen molar-refractivity contribution in [2.24, 2.45) is 0 Å². The van der Waals surface area contributed by atoms with Crippen LogP contribution in [-0.2, 0) is 14.1 Å². The highest BCUT2D eigenvalue weighted by atomic mass is 31.1. The third kappa shape index (κ3) is 6.34. The second kappa shape index (κ2) is 10.6. The van der Waals surface area contributed by atoms with E-state index in [9.17, 15) is 19.3 Å². The molecule has 4 N–H and O–H groups in total. The van der Waals surface area contributed by atoms with Gasteiger partial charge in [0.1, 0.15) is 6.10 Å². The van der Waals surface area contributed by atoms with Crippen molar-refractivity contribution in [2.45, 2.75) is 50.1 Å². The molecule has 0 radical (unpaired) electrons. The second-order valence-electron chi connectivity index (χ2n) is 6.98. The highest BCUT2D eigenvalue weighted by molar-refractivity contribution is 7.25. The highest BCUT2D eigenvalue weighted by Crippen LogP contribution is 2.34. The average molecular weight is 410 g/mol. The number of carbonyl (C=O) groups excluding carboxylic acids is 1. The number of benzene rings is 1. The fourth-order valence-corrected chi connectivity index (χ4v) is 3.73. The number of aliphatic hydroxyl groups is 1. The molecule has 8 nitrogen and oxygen atoms in total. The van der Waals surface area contributed by atoms with Crippen LogP contribution in [0, 0.1) is 0 Å². The summed E-state index contributed by atoms with van der Waals surface area (Å²) in [7, 11) is -0.384. The van der Waals surface area contributed by atoms with Crippen LogP contribution in [-0.4, -0.2) is 53.2 Å². The first-order valence-electron chi connectivity index (χ1n) is 9.35. The number of aromatic carboxylic acids is 1. The number of rotatable bonds is 10. The topological polar surface area (TPSA) is 125 Å². The summed E-state index contributed by atoms with van der Waals surface area (Å²) in [6.45, 7) is 2.60. The molecule has 1 aliphatic rings. The molecule has 1 unspecified atom stereocenters. The minimum Gasteiger partial charge on any atom is -0.478 e. The van der Waals surface area contributed by atoms with Gasteiger partial charge in [-0.2, -0.15) is 0 Å². The van der Waals surface area contributed by atoms with Crippen molar-refractivity contribution in [1.82, 2.24) is 10.6 Å². The highest BCUT2D eigenvalue weighted by Gasteiger charge is 2.41. The van der Waals surface area contributed by atoms with Gasteiger partial charge in [0.25, 0.3) is 0 Å². The molecule has 3 atom stereocenters. The van der Waals surface area contributed by atoms with E-state index in [1.54, 1.807) is 12.1 Å². The summed E-state index contributed by atoms with van der Waals surface area (Å²) < 4.78 is 17.4. The largest absolute Gasteiger partial charge is 0.478 e. The summed E-state index contributed by atoms with van der Waals surface area (Å²) in [6, 6.07) is 6.43. The first-order chi connectivity index (χ1) is 13.4. The number of carboxylic acid groups (broad SMARTS) is 1. The summed E-state index contributed by atoms with van der Waals surface area (Å²) in [5.41, 5.74) is 0.995. The van der Waals surface area contributed by atoms with Gasteiger partial charge < -0.3 is 25.6 Å². The van der Waals surface area contributed by atoms with Crippen LogP contribution in [0.4, 0.5) is 0 Å². The third-order valence-electron chi connectivity index (χ3n) is 4.82. The molecular formula is C19H27N2O6P. The molecule has 9 heteroatoms. The fraction of sp³-hybridized carbons (Fsp3) is 0.579. The summed E-state index contributed by atoms with van der Waals surface area (Å²) in [4.78, 5) is 21.9. The first-order valence-corrected chi connectivity index (χ1v) is 10.2. The Bertz CT molecular complexity index is 693. The van der Waals surface area contributed by atoms with Crippen LogP contribution in [0.5, 0.6) is 0 Å². The second-order valence-corrected chi connectivity index (χ2v) is 7.93. The molecule has 0 aromatic heterocycles. The van der Waals surface area contributed by atoms with E-state index < -0.39 is 17.4 Å². The minimum absolute atomic E-state index is 0.0697. The van der Waals surface area contributed by atoms with E-state index in [0.29, 0.717) is 25.9 Å². The molecule has 0 saturated carbocycles. The van der Waals surface area contributed by atoms with E-state index in [4.69, 9.17) is 9.84 Å². The Hall–Kier alpha value is -1.86. The quantitative estimate of drug-likeness (QED) is 0.344. The number of hydrogen-bond donors (Lipinski definition) is 4. The van der Waals surface area contributed by atoms with Gasteiger partial charge in [-0.3, -0.25) is 9.36 Å². The molecule has 0 aliphatic carbocycles. The lowest BCUT2D eigenvalue weighted by molar-refractivity contribution is -0.118. The third-order valence-corrected chi connectivity index (χ3v) is 5.65. The van der Waals surface area contributed by atoms with Gasteiger partial charge >= 0.3 is 5.97 Å². The zero-order valence-corrected chi connectivity index (χ0v) is 16.8. The summed E-state index contributed by atoms with van der Waals surface area (Å²) in [5.74, 6) is -1.06. The average Bonchev–Trinajstić information content (AvgIpc) is 2.70. The smallest absolute Gasteiger partial charge is 0.335 e. The zero-order valence-electron chi connectivity index (χ0n) is 15.9. The summed E-state index contributed by atoms with van der Waals surface area (Å²) in [6.07, 6.45) is 1.94. The van der Waals surface area contributed by atoms with Crippen LogP contribution < -0.4 is 10.6 Å². The Morgan fingerprint density at radius 1 is 1.36 bits per heavy atom. The van der Waals surface area contributed by atoms with Gasteiger partial charge in [0, 0.05) is 20.0 Å². The Morgan fingerprint density at radius 2 is 2.14 bits per heavy atom. The molecule has 1 heterocycles. The lowest BCUT2D eigenvalue weighted by Gasteiger charge is -2.37. The van der Waals surface area contributed by atoms with Gasteiger partial charge in [-0.05, 0) is 37.0 Å². The lowest BCUT2D eigenvalue weighted by atomic mass is 10.00. The van der Waals surface area contributed by atoms with E-state index >= 15 is 0 Å². The van der Waals surface area contributed by atoms with Gasteiger partial charge in [0.2, 0.25) is 5.91 Å². The van der Waals surface area contributed by atoms with E-state index in [0.717, 1.165) is 18.4 Å². The van der Waals surface area contributed by atoms with Crippen molar-refractivity contribution in [2.75, 3.05) is 19.7 Å². The Balaban J connectivity index is 1.84. The number of unbranched alkanes of at least 4 members (excludes halogenated alkanes) is 2. The minimum atomic E-state index is -1.48. The van der Waals surface area contributed by atoms with Crippen LogP contribution in [0.3, 0.4) is 0 Å². The van der Waals surface area contributed by atoms with Gasteiger partial charge in [-0.1, -0.05) is 18.6 Å². The predicted molar refractivity (Wildman–Crippen MR) is 104 cm³/mol. The maximum absolute atomic E-state index is 11.6. The number of amides is 1. The molecule has 1 saturated heterocycles. The monoisotopic (exact) mass is 410 g/mol. The van der Waals surface area contributed by atoms with Crippen LogP contribution >= 0.6 is 8.46 Å². The molecule has 154 valence electrons. The number of nitrogens with one attached hydrogen (secondary N) is 2. The molecule has 1 amide bonds. The van der Waals surface area contributed by atoms with Crippen molar-refractivity contribution < 1.29 is 29.1 Å². The number of hydrogen-bond acceptors (Lipinski definition) is 6. The number of carbonyl (C=O) groups is 2. The molecule has 2 rings (SSSR count). The van der Waals surface area contributed by atoms with Crippen molar-refractivity contribution in [3.8, 4) is 0 Å². The standard InChI is InChI=1S/C19H27N2O6P/c1-13(22)20-9-4-2-3-8-19(25,28-26)17-11-21-16(12-27-17)14-6-5-7-15(10-14)18(23)24/h5-7,10,16-17,21,25H,2-4,8-9,11-12H2,1H3,(H,20,22)(H,23,24)/t16-,17+,19?/m0/s1. The van der Waals surface area contributed by atoms with Gasteiger partial charge in [-0.15, -0.1) is 0 Å². The normalized spacial score (nSPS) is 21.8. The Kier molecular flexibility index (Phi) is 8.51. The Labute approximate surface area is 165 Å². The van der Waals surface area contributed by atoms with Gasteiger partial charge in [0.15, 0.2) is 13.8 Å². The molecule has 1 aliphatic heterocycles. The van der Waals surface area contributed by atoms with Crippen molar-refractivity contribution in [3.05, 3.63) is 35.4 Å². The van der Waals surface area contributed by atoms with Crippen LogP contribution in [0.2, 0.25) is 0 Å². The van der Waals surface area contributed by atoms with E-state index in [-0.39, 0.29) is 32.6 Å². The van der Waals surface area contributed by atoms with Crippen molar-refractivity contribution >= 4 is 20.3 Å². The lowest BCUT2D eigenvalue weighted by Crippen LogP contribution is -2.51. The van der Waals surface area contributed by atoms with E-state index in [1.807, 2.05) is 6.07 Å². The zero-order chi connectivity index (χ0) is 20.6. The fourth-order valence-electron chi connectivity index (χ4n) is 3.20. The van der Waals surface area contributed by atoms with Crippen LogP contribution in [0.15, 0.2) is 24.3 Å². The molecule has 1 fully saturated rings. The maximum Gasteiger partial charge on any atom is 0.335 e. The summed E-state index contributed by atoms with van der Waals surface area (Å²) in [5, 5.41) is 24.3. The SMILES string of the molecule is CC(=O)NCCCCCC(O)(P=O)[C@H]1CN[C@H](c2cccc(C(=O)O)c2)CO1. The van der Waals surface area contributed by atoms with Crippen LogP contribution in [0.1, 0.15) is 54.6 Å². The van der Waals surface area contributed by atoms with Gasteiger partial charge in [0.05, 0.1) is 18.2 Å². The van der Waals surface area contributed by atoms with E-state index in [1.165, 1.54) is 13.0 Å². The van der Waals surface area contributed by atoms with Crippen LogP contribution in [0.25, 0.3) is 0 Å². The molecule has 1 aromatic carbocycles. The first kappa shape index (κ1) is 22.4. The molecule has 0 bridgehead atoms. The summed E-state index contributed by atoms with van der Waals surface area (Å²) >= 11 is 0. The molecule has 28 heavy (non-hydrogen) atoms. The molecule has 1 aromatic rings. The van der Waals surface area contributed by atoms with Crippen molar-refractivity contribution in [3.63, 3.8) is 0 Å². The number of ether oxygens (including phenoxy) is 1. The predicted octanol–water partition coefficient (Wildman–Crippen LogP) is 2.09. The van der Waals surface area contributed by atoms with Gasteiger partial charge in [-0.25, -0.2) is 4.79 Å².